The standard InChI is InChI=1S/C15H21N3S/c1-15(2,3)19-14-7-5-13(6-8-14)16-9-12-10-17-18(4)11-12/h5-8,10-11,16H,9H2,1-4H3. The number of rotatable bonds is 4. The normalized spacial score (nSPS) is 11.6. The summed E-state index contributed by atoms with van der Waals surface area (Å²) in [6.07, 6.45) is 3.91. The summed E-state index contributed by atoms with van der Waals surface area (Å²) in [7, 11) is 1.93. The summed E-state index contributed by atoms with van der Waals surface area (Å²) >= 11 is 1.89. The number of hydrogen-bond acceptors (Lipinski definition) is 3. The second kappa shape index (κ2) is 5.70. The number of thioether (sulfide) groups is 1. The first-order valence-corrected chi connectivity index (χ1v) is 7.24. The molecule has 1 aromatic heterocycles. The van der Waals surface area contributed by atoms with Crippen molar-refractivity contribution in [1.29, 1.82) is 0 Å². The lowest BCUT2D eigenvalue weighted by molar-refractivity contribution is 0.767. The van der Waals surface area contributed by atoms with Crippen molar-refractivity contribution in [2.75, 3.05) is 5.32 Å². The highest BCUT2D eigenvalue weighted by Crippen LogP contribution is 2.32. The molecule has 0 atom stereocenters. The second-order valence-corrected chi connectivity index (χ2v) is 7.51. The van der Waals surface area contributed by atoms with E-state index in [1.807, 2.05) is 35.9 Å². The summed E-state index contributed by atoms with van der Waals surface area (Å²) in [5.74, 6) is 0. The first-order chi connectivity index (χ1) is 8.92. The van der Waals surface area contributed by atoms with Crippen LogP contribution in [0.25, 0.3) is 0 Å². The van der Waals surface area contributed by atoms with Crippen LogP contribution in [0.5, 0.6) is 0 Å². The van der Waals surface area contributed by atoms with Crippen LogP contribution >= 0.6 is 11.8 Å². The van der Waals surface area contributed by atoms with E-state index in [0.717, 1.165) is 12.2 Å². The molecule has 0 fully saturated rings. The van der Waals surface area contributed by atoms with E-state index in [-0.39, 0.29) is 4.75 Å². The molecule has 4 heteroatoms. The summed E-state index contributed by atoms with van der Waals surface area (Å²) in [4.78, 5) is 1.31. The molecule has 1 heterocycles. The van der Waals surface area contributed by atoms with Crippen LogP contribution in [0, 0.1) is 0 Å². The van der Waals surface area contributed by atoms with Crippen LogP contribution in [0.15, 0.2) is 41.6 Å². The molecule has 0 aliphatic carbocycles. The number of benzene rings is 1. The van der Waals surface area contributed by atoms with Gasteiger partial charge in [-0.25, -0.2) is 0 Å². The lowest BCUT2D eigenvalue weighted by atomic mass is 10.3. The van der Waals surface area contributed by atoms with Crippen LogP contribution in [0.4, 0.5) is 5.69 Å². The van der Waals surface area contributed by atoms with Crippen molar-refractivity contribution in [2.45, 2.75) is 37.0 Å². The average molecular weight is 275 g/mol. The van der Waals surface area contributed by atoms with E-state index >= 15 is 0 Å². The minimum absolute atomic E-state index is 0.255. The summed E-state index contributed by atoms with van der Waals surface area (Å²) in [5, 5.41) is 7.56. The van der Waals surface area contributed by atoms with Crippen molar-refractivity contribution in [3.05, 3.63) is 42.2 Å². The molecule has 0 aliphatic heterocycles. The van der Waals surface area contributed by atoms with Crippen LogP contribution in [0.2, 0.25) is 0 Å². The van der Waals surface area contributed by atoms with Gasteiger partial charge in [-0.15, -0.1) is 11.8 Å². The van der Waals surface area contributed by atoms with Crippen molar-refractivity contribution >= 4 is 17.4 Å². The highest BCUT2D eigenvalue weighted by molar-refractivity contribution is 8.00. The zero-order valence-electron chi connectivity index (χ0n) is 12.0. The molecule has 0 amide bonds. The number of nitrogens with one attached hydrogen (secondary N) is 1. The Kier molecular flexibility index (Phi) is 4.20. The van der Waals surface area contributed by atoms with E-state index in [4.69, 9.17) is 0 Å². The van der Waals surface area contributed by atoms with Gasteiger partial charge in [0.15, 0.2) is 0 Å². The SMILES string of the molecule is Cn1cc(CNc2ccc(SC(C)(C)C)cc2)cn1. The van der Waals surface area contributed by atoms with Crippen molar-refractivity contribution in [1.82, 2.24) is 9.78 Å². The van der Waals surface area contributed by atoms with E-state index in [0.29, 0.717) is 0 Å². The Morgan fingerprint density at radius 3 is 2.42 bits per heavy atom. The Morgan fingerprint density at radius 2 is 1.89 bits per heavy atom. The first kappa shape index (κ1) is 14.0. The van der Waals surface area contributed by atoms with Crippen molar-refractivity contribution < 1.29 is 0 Å². The van der Waals surface area contributed by atoms with Gasteiger partial charge in [-0.3, -0.25) is 4.68 Å². The summed E-state index contributed by atoms with van der Waals surface area (Å²) in [6.45, 7) is 7.49. The van der Waals surface area contributed by atoms with Crippen LogP contribution in [0.3, 0.4) is 0 Å². The minimum Gasteiger partial charge on any atom is -0.381 e. The largest absolute Gasteiger partial charge is 0.381 e. The fourth-order valence-electron chi connectivity index (χ4n) is 1.76. The predicted molar refractivity (Wildman–Crippen MR) is 82.6 cm³/mol. The molecule has 2 rings (SSSR count). The van der Waals surface area contributed by atoms with Crippen LogP contribution in [0.1, 0.15) is 26.3 Å². The molecular weight excluding hydrogens is 254 g/mol. The fourth-order valence-corrected chi connectivity index (χ4v) is 2.74. The summed E-state index contributed by atoms with van der Waals surface area (Å²) < 4.78 is 2.07. The molecule has 0 saturated heterocycles. The van der Waals surface area contributed by atoms with Gasteiger partial charge in [-0.05, 0) is 24.3 Å². The number of aryl methyl sites for hydroxylation is 1. The van der Waals surface area contributed by atoms with Gasteiger partial charge in [0.1, 0.15) is 0 Å². The second-order valence-electron chi connectivity index (χ2n) is 5.61. The van der Waals surface area contributed by atoms with Gasteiger partial charge in [0.2, 0.25) is 0 Å². The molecule has 0 saturated carbocycles. The Balaban J connectivity index is 1.91. The summed E-state index contributed by atoms with van der Waals surface area (Å²) in [6, 6.07) is 8.60. The monoisotopic (exact) mass is 275 g/mol. The Morgan fingerprint density at radius 1 is 1.21 bits per heavy atom. The van der Waals surface area contributed by atoms with Crippen molar-refractivity contribution in [2.24, 2.45) is 7.05 Å². The third kappa shape index (κ3) is 4.63. The van der Waals surface area contributed by atoms with Gasteiger partial charge in [-0.1, -0.05) is 20.8 Å². The topological polar surface area (TPSA) is 29.9 Å². The van der Waals surface area contributed by atoms with Gasteiger partial charge in [-0.2, -0.15) is 5.10 Å². The maximum atomic E-state index is 4.16. The fraction of sp³-hybridized carbons (Fsp3) is 0.400. The first-order valence-electron chi connectivity index (χ1n) is 6.43. The predicted octanol–water partition coefficient (Wildman–Crippen LogP) is 3.92. The third-order valence-electron chi connectivity index (χ3n) is 2.53. The molecule has 0 spiro atoms. The number of aromatic nitrogens is 2. The highest BCUT2D eigenvalue weighted by Gasteiger charge is 2.11. The molecule has 3 nitrogen and oxygen atoms in total. The average Bonchev–Trinajstić information content (AvgIpc) is 2.72. The van der Waals surface area contributed by atoms with Gasteiger partial charge >= 0.3 is 0 Å². The molecule has 0 radical (unpaired) electrons. The zero-order chi connectivity index (χ0) is 13.9. The lowest BCUT2D eigenvalue weighted by Crippen LogP contribution is -2.06. The van der Waals surface area contributed by atoms with E-state index in [2.05, 4.69) is 55.5 Å². The van der Waals surface area contributed by atoms with Gasteiger partial charge in [0.25, 0.3) is 0 Å². The Labute approximate surface area is 119 Å². The van der Waals surface area contributed by atoms with E-state index < -0.39 is 0 Å². The Bertz CT molecular complexity index is 523. The van der Waals surface area contributed by atoms with Gasteiger partial charge < -0.3 is 5.32 Å². The summed E-state index contributed by atoms with van der Waals surface area (Å²) in [5.41, 5.74) is 2.33. The van der Waals surface area contributed by atoms with Crippen LogP contribution < -0.4 is 5.32 Å². The smallest absolute Gasteiger partial charge is 0.0539 e. The Hall–Kier alpha value is -1.42. The molecule has 0 bridgehead atoms. The van der Waals surface area contributed by atoms with Crippen LogP contribution in [-0.4, -0.2) is 14.5 Å². The quantitative estimate of drug-likeness (QED) is 0.858. The number of nitrogens with zero attached hydrogens (tertiary/aromatic N) is 2. The number of anilines is 1. The third-order valence-corrected chi connectivity index (χ3v) is 3.65. The highest BCUT2D eigenvalue weighted by atomic mass is 32.2. The maximum Gasteiger partial charge on any atom is 0.0539 e. The molecule has 0 unspecified atom stereocenters. The molecular formula is C15H21N3S. The minimum atomic E-state index is 0.255. The lowest BCUT2D eigenvalue weighted by Gasteiger charge is -2.17. The number of hydrogen-bond donors (Lipinski definition) is 1. The molecule has 19 heavy (non-hydrogen) atoms. The van der Waals surface area contributed by atoms with E-state index in [1.54, 1.807) is 0 Å². The van der Waals surface area contributed by atoms with E-state index in [9.17, 15) is 0 Å². The van der Waals surface area contributed by atoms with Crippen LogP contribution in [-0.2, 0) is 13.6 Å². The molecule has 102 valence electrons. The van der Waals surface area contributed by atoms with Gasteiger partial charge in [0, 0.05) is 40.7 Å². The van der Waals surface area contributed by atoms with Crippen molar-refractivity contribution in [3.8, 4) is 0 Å². The van der Waals surface area contributed by atoms with Crippen molar-refractivity contribution in [3.63, 3.8) is 0 Å². The maximum absolute atomic E-state index is 4.16. The molecule has 1 aromatic carbocycles. The molecule has 0 aliphatic rings. The molecule has 1 N–H and O–H groups in total. The van der Waals surface area contributed by atoms with E-state index in [1.165, 1.54) is 10.5 Å². The molecule has 2 aromatic rings. The van der Waals surface area contributed by atoms with Gasteiger partial charge in [0.05, 0.1) is 6.20 Å². The zero-order valence-corrected chi connectivity index (χ0v) is 12.8.